The second kappa shape index (κ2) is 6.18. The SMILES string of the molecule is CC(CCNC(C)(C)C(C)O)c1ccccc1. The highest BCUT2D eigenvalue weighted by atomic mass is 16.3. The molecule has 2 unspecified atom stereocenters. The topological polar surface area (TPSA) is 32.3 Å². The Balaban J connectivity index is 2.37. The summed E-state index contributed by atoms with van der Waals surface area (Å²) in [6.45, 7) is 9.06. The maximum atomic E-state index is 9.60. The summed E-state index contributed by atoms with van der Waals surface area (Å²) in [5.74, 6) is 0.550. The van der Waals surface area contributed by atoms with Gasteiger partial charge in [0, 0.05) is 5.54 Å². The minimum atomic E-state index is -0.338. The quantitative estimate of drug-likeness (QED) is 0.794. The molecule has 2 atom stereocenters. The fourth-order valence-corrected chi connectivity index (χ4v) is 1.71. The number of hydrogen-bond donors (Lipinski definition) is 2. The summed E-state index contributed by atoms with van der Waals surface area (Å²) in [4.78, 5) is 0. The number of aliphatic hydroxyl groups excluding tert-OH is 1. The summed E-state index contributed by atoms with van der Waals surface area (Å²) >= 11 is 0. The van der Waals surface area contributed by atoms with Gasteiger partial charge in [0.05, 0.1) is 6.10 Å². The molecule has 2 N–H and O–H groups in total. The average Bonchev–Trinajstić information content (AvgIpc) is 2.29. The fraction of sp³-hybridized carbons (Fsp3) is 0.600. The molecule has 1 rings (SSSR count). The Labute approximate surface area is 105 Å². The largest absolute Gasteiger partial charge is 0.392 e. The maximum absolute atomic E-state index is 9.60. The third-order valence-electron chi connectivity index (χ3n) is 3.57. The van der Waals surface area contributed by atoms with Crippen molar-refractivity contribution in [1.29, 1.82) is 0 Å². The van der Waals surface area contributed by atoms with Gasteiger partial charge in [-0.3, -0.25) is 0 Å². The molecule has 0 aliphatic carbocycles. The first-order valence-electron chi connectivity index (χ1n) is 6.41. The number of nitrogens with one attached hydrogen (secondary N) is 1. The zero-order chi connectivity index (χ0) is 12.9. The van der Waals surface area contributed by atoms with E-state index in [1.54, 1.807) is 0 Å². The smallest absolute Gasteiger partial charge is 0.0688 e. The Bertz CT molecular complexity index is 319. The van der Waals surface area contributed by atoms with E-state index in [-0.39, 0.29) is 11.6 Å². The lowest BCUT2D eigenvalue weighted by Gasteiger charge is -2.30. The van der Waals surface area contributed by atoms with Crippen molar-refractivity contribution in [3.8, 4) is 0 Å². The number of hydrogen-bond acceptors (Lipinski definition) is 2. The summed E-state index contributed by atoms with van der Waals surface area (Å²) in [5, 5.41) is 13.0. The van der Waals surface area contributed by atoms with Crippen molar-refractivity contribution in [2.45, 2.75) is 51.7 Å². The van der Waals surface area contributed by atoms with Gasteiger partial charge in [0.15, 0.2) is 0 Å². The molecule has 96 valence electrons. The number of rotatable bonds is 6. The lowest BCUT2D eigenvalue weighted by atomic mass is 9.95. The van der Waals surface area contributed by atoms with Crippen LogP contribution in [0.2, 0.25) is 0 Å². The fourth-order valence-electron chi connectivity index (χ4n) is 1.71. The van der Waals surface area contributed by atoms with Crippen molar-refractivity contribution in [2.24, 2.45) is 0 Å². The predicted octanol–water partition coefficient (Wildman–Crippen LogP) is 2.93. The summed E-state index contributed by atoms with van der Waals surface area (Å²) in [7, 11) is 0. The van der Waals surface area contributed by atoms with Gasteiger partial charge < -0.3 is 10.4 Å². The van der Waals surface area contributed by atoms with Gasteiger partial charge in [-0.1, -0.05) is 37.3 Å². The van der Waals surface area contributed by atoms with Crippen LogP contribution in [0, 0.1) is 0 Å². The minimum absolute atomic E-state index is 0.212. The molecule has 2 heteroatoms. The first kappa shape index (κ1) is 14.2. The van der Waals surface area contributed by atoms with Crippen LogP contribution in [0.25, 0.3) is 0 Å². The first-order chi connectivity index (χ1) is 7.93. The molecule has 0 heterocycles. The molecule has 0 spiro atoms. The summed E-state index contributed by atoms with van der Waals surface area (Å²) in [5.41, 5.74) is 1.17. The third kappa shape index (κ3) is 4.49. The Morgan fingerprint density at radius 1 is 1.18 bits per heavy atom. The second-order valence-electron chi connectivity index (χ2n) is 5.42. The first-order valence-corrected chi connectivity index (χ1v) is 6.41. The van der Waals surface area contributed by atoms with Crippen LogP contribution in [0.5, 0.6) is 0 Å². The van der Waals surface area contributed by atoms with Crippen molar-refractivity contribution >= 4 is 0 Å². The van der Waals surface area contributed by atoms with Gasteiger partial charge in [-0.25, -0.2) is 0 Å². The Hall–Kier alpha value is -0.860. The zero-order valence-corrected chi connectivity index (χ0v) is 11.4. The highest BCUT2D eigenvalue weighted by molar-refractivity contribution is 5.18. The van der Waals surface area contributed by atoms with Crippen molar-refractivity contribution in [3.63, 3.8) is 0 Å². The lowest BCUT2D eigenvalue weighted by Crippen LogP contribution is -2.48. The van der Waals surface area contributed by atoms with E-state index in [1.165, 1.54) is 5.56 Å². The van der Waals surface area contributed by atoms with Crippen LogP contribution in [-0.2, 0) is 0 Å². The molecule has 0 radical (unpaired) electrons. The van der Waals surface area contributed by atoms with E-state index in [1.807, 2.05) is 26.8 Å². The number of benzene rings is 1. The predicted molar refractivity (Wildman–Crippen MR) is 73.2 cm³/mol. The van der Waals surface area contributed by atoms with E-state index < -0.39 is 0 Å². The number of aliphatic hydroxyl groups is 1. The summed E-state index contributed by atoms with van der Waals surface area (Å²) in [6.07, 6.45) is 0.745. The average molecular weight is 235 g/mol. The van der Waals surface area contributed by atoms with Crippen LogP contribution in [-0.4, -0.2) is 23.3 Å². The molecule has 17 heavy (non-hydrogen) atoms. The van der Waals surface area contributed by atoms with Gasteiger partial charge >= 0.3 is 0 Å². The minimum Gasteiger partial charge on any atom is -0.392 e. The van der Waals surface area contributed by atoms with Gasteiger partial charge in [-0.15, -0.1) is 0 Å². The molecule has 1 aromatic carbocycles. The Morgan fingerprint density at radius 3 is 2.29 bits per heavy atom. The van der Waals surface area contributed by atoms with E-state index >= 15 is 0 Å². The van der Waals surface area contributed by atoms with E-state index in [0.29, 0.717) is 5.92 Å². The van der Waals surface area contributed by atoms with Crippen LogP contribution in [0.4, 0.5) is 0 Å². The summed E-state index contributed by atoms with van der Waals surface area (Å²) in [6, 6.07) is 10.6. The molecule has 0 amide bonds. The molecule has 0 saturated heterocycles. The summed E-state index contributed by atoms with van der Waals surface area (Å²) < 4.78 is 0. The van der Waals surface area contributed by atoms with Crippen molar-refractivity contribution < 1.29 is 5.11 Å². The molecule has 0 bridgehead atoms. The highest BCUT2D eigenvalue weighted by Gasteiger charge is 2.22. The van der Waals surface area contributed by atoms with Crippen LogP contribution >= 0.6 is 0 Å². The highest BCUT2D eigenvalue weighted by Crippen LogP contribution is 2.18. The van der Waals surface area contributed by atoms with E-state index in [9.17, 15) is 5.11 Å². The van der Waals surface area contributed by atoms with Gasteiger partial charge in [-0.05, 0) is 45.2 Å². The Kier molecular flexibility index (Phi) is 5.16. The lowest BCUT2D eigenvalue weighted by molar-refractivity contribution is 0.0964. The van der Waals surface area contributed by atoms with E-state index in [0.717, 1.165) is 13.0 Å². The maximum Gasteiger partial charge on any atom is 0.0688 e. The van der Waals surface area contributed by atoms with Gasteiger partial charge in [-0.2, -0.15) is 0 Å². The van der Waals surface area contributed by atoms with E-state index in [2.05, 4.69) is 36.5 Å². The molecule has 2 nitrogen and oxygen atoms in total. The van der Waals surface area contributed by atoms with Gasteiger partial charge in [0.1, 0.15) is 0 Å². The third-order valence-corrected chi connectivity index (χ3v) is 3.57. The van der Waals surface area contributed by atoms with Crippen LogP contribution in [0.15, 0.2) is 30.3 Å². The molecule has 0 fully saturated rings. The van der Waals surface area contributed by atoms with Crippen LogP contribution in [0.3, 0.4) is 0 Å². The Morgan fingerprint density at radius 2 is 1.76 bits per heavy atom. The zero-order valence-electron chi connectivity index (χ0n) is 11.4. The molecular weight excluding hydrogens is 210 g/mol. The van der Waals surface area contributed by atoms with Crippen molar-refractivity contribution in [2.75, 3.05) is 6.54 Å². The van der Waals surface area contributed by atoms with Crippen LogP contribution in [0.1, 0.15) is 45.6 Å². The normalized spacial score (nSPS) is 15.6. The van der Waals surface area contributed by atoms with Crippen LogP contribution < -0.4 is 5.32 Å². The monoisotopic (exact) mass is 235 g/mol. The second-order valence-corrected chi connectivity index (χ2v) is 5.42. The molecule has 0 aromatic heterocycles. The van der Waals surface area contributed by atoms with Gasteiger partial charge in [0.2, 0.25) is 0 Å². The molecule has 0 aliphatic rings. The standard InChI is InChI=1S/C15H25NO/c1-12(14-8-6-5-7-9-14)10-11-16-15(3,4)13(2)17/h5-9,12-13,16-17H,10-11H2,1-4H3. The van der Waals surface area contributed by atoms with Gasteiger partial charge in [0.25, 0.3) is 0 Å². The molecule has 0 aliphatic heterocycles. The van der Waals surface area contributed by atoms with Crippen molar-refractivity contribution in [1.82, 2.24) is 5.32 Å². The molecule has 0 saturated carbocycles. The van der Waals surface area contributed by atoms with Crippen molar-refractivity contribution in [3.05, 3.63) is 35.9 Å². The van der Waals surface area contributed by atoms with E-state index in [4.69, 9.17) is 0 Å². The molecule has 1 aromatic rings. The molecular formula is C15H25NO.